The number of carbonyl (C=O) groups excluding carboxylic acids is 1. The van der Waals surface area contributed by atoms with Gasteiger partial charge in [-0.15, -0.1) is 0 Å². The van der Waals surface area contributed by atoms with Crippen LogP contribution in [0.5, 0.6) is 0 Å². The van der Waals surface area contributed by atoms with Crippen molar-refractivity contribution in [3.8, 4) is 0 Å². The first kappa shape index (κ1) is 21.3. The maximum atomic E-state index is 12.6. The van der Waals surface area contributed by atoms with Gasteiger partial charge in [-0.05, 0) is 43.3 Å². The standard InChI is InChI=1S/C21H27N3O4S/c1-17(23-12-14-24(15-13-23)19-6-4-3-5-7-19)16-22-29(26,27)20-10-8-18(9-11-20)21(25)28-2/h3-11,17,22H,12-16H2,1-2H3/t17-/m0/s1. The van der Waals surface area contributed by atoms with Crippen LogP contribution in [0.3, 0.4) is 0 Å². The molecule has 156 valence electrons. The Labute approximate surface area is 172 Å². The first-order chi connectivity index (χ1) is 13.9. The van der Waals surface area contributed by atoms with Gasteiger partial charge in [0.15, 0.2) is 0 Å². The van der Waals surface area contributed by atoms with Crippen LogP contribution in [-0.2, 0) is 14.8 Å². The summed E-state index contributed by atoms with van der Waals surface area (Å²) in [7, 11) is -2.35. The number of esters is 1. The highest BCUT2D eigenvalue weighted by Gasteiger charge is 2.23. The number of para-hydroxylation sites is 1. The molecule has 0 amide bonds. The van der Waals surface area contributed by atoms with E-state index in [2.05, 4.69) is 31.4 Å². The minimum Gasteiger partial charge on any atom is -0.465 e. The molecule has 0 aliphatic carbocycles. The third-order valence-electron chi connectivity index (χ3n) is 5.21. The minimum atomic E-state index is -3.64. The summed E-state index contributed by atoms with van der Waals surface area (Å²) in [5.41, 5.74) is 1.53. The third kappa shape index (κ3) is 5.35. The molecule has 0 spiro atoms. The highest BCUT2D eigenvalue weighted by Crippen LogP contribution is 2.17. The number of benzene rings is 2. The second-order valence-corrected chi connectivity index (χ2v) is 8.84. The fraction of sp³-hybridized carbons (Fsp3) is 0.381. The average molecular weight is 418 g/mol. The minimum absolute atomic E-state index is 0.0806. The van der Waals surface area contributed by atoms with Crippen LogP contribution in [0.15, 0.2) is 59.5 Å². The molecule has 3 rings (SSSR count). The number of piperazine rings is 1. The number of nitrogens with zero attached hydrogens (tertiary/aromatic N) is 2. The fourth-order valence-electron chi connectivity index (χ4n) is 3.39. The van der Waals surface area contributed by atoms with Crippen LogP contribution in [0, 0.1) is 0 Å². The summed E-state index contributed by atoms with van der Waals surface area (Å²) >= 11 is 0. The van der Waals surface area contributed by atoms with Gasteiger partial charge in [0.25, 0.3) is 0 Å². The molecule has 7 nitrogen and oxygen atoms in total. The average Bonchev–Trinajstić information content (AvgIpc) is 2.77. The van der Waals surface area contributed by atoms with Crippen molar-refractivity contribution in [2.24, 2.45) is 0 Å². The third-order valence-corrected chi connectivity index (χ3v) is 6.65. The lowest BCUT2D eigenvalue weighted by molar-refractivity contribution is 0.0600. The number of ether oxygens (including phenoxy) is 1. The Kier molecular flexibility index (Phi) is 6.89. The second-order valence-electron chi connectivity index (χ2n) is 7.08. The zero-order valence-electron chi connectivity index (χ0n) is 16.7. The summed E-state index contributed by atoms with van der Waals surface area (Å²) in [5, 5.41) is 0. The summed E-state index contributed by atoms with van der Waals surface area (Å²) in [6, 6.07) is 16.1. The maximum Gasteiger partial charge on any atom is 0.337 e. The summed E-state index contributed by atoms with van der Waals surface area (Å²) in [6.45, 7) is 5.94. The van der Waals surface area contributed by atoms with Crippen molar-refractivity contribution in [1.82, 2.24) is 9.62 Å². The van der Waals surface area contributed by atoms with E-state index in [0.29, 0.717) is 12.1 Å². The Morgan fingerprint density at radius 2 is 1.66 bits per heavy atom. The molecular weight excluding hydrogens is 390 g/mol. The van der Waals surface area contributed by atoms with E-state index in [1.165, 1.54) is 37.1 Å². The van der Waals surface area contributed by atoms with Crippen molar-refractivity contribution in [1.29, 1.82) is 0 Å². The largest absolute Gasteiger partial charge is 0.465 e. The van der Waals surface area contributed by atoms with E-state index in [9.17, 15) is 13.2 Å². The molecule has 0 bridgehead atoms. The van der Waals surface area contributed by atoms with Gasteiger partial charge in [0.1, 0.15) is 0 Å². The summed E-state index contributed by atoms with van der Waals surface area (Å²) in [6.07, 6.45) is 0. The normalized spacial score (nSPS) is 16.4. The van der Waals surface area contributed by atoms with Crippen molar-refractivity contribution >= 4 is 21.7 Å². The van der Waals surface area contributed by atoms with Gasteiger partial charge < -0.3 is 9.64 Å². The molecule has 0 aromatic heterocycles. The van der Waals surface area contributed by atoms with Gasteiger partial charge in [-0.2, -0.15) is 0 Å². The SMILES string of the molecule is COC(=O)c1ccc(S(=O)(=O)NC[C@H](C)N2CCN(c3ccccc3)CC2)cc1. The Morgan fingerprint density at radius 1 is 1.03 bits per heavy atom. The van der Waals surface area contributed by atoms with Crippen LogP contribution in [0.25, 0.3) is 0 Å². The number of anilines is 1. The highest BCUT2D eigenvalue weighted by atomic mass is 32.2. The topological polar surface area (TPSA) is 78.9 Å². The number of carbonyl (C=O) groups is 1. The molecular formula is C21H27N3O4S. The maximum absolute atomic E-state index is 12.6. The van der Waals surface area contributed by atoms with E-state index in [1.807, 2.05) is 25.1 Å². The van der Waals surface area contributed by atoms with Crippen LogP contribution in [-0.4, -0.2) is 65.2 Å². The van der Waals surface area contributed by atoms with E-state index in [0.717, 1.165) is 26.2 Å². The van der Waals surface area contributed by atoms with Crippen LogP contribution >= 0.6 is 0 Å². The van der Waals surface area contributed by atoms with E-state index in [1.54, 1.807) is 0 Å². The fourth-order valence-corrected chi connectivity index (χ4v) is 4.51. The first-order valence-electron chi connectivity index (χ1n) is 9.63. The summed E-state index contributed by atoms with van der Waals surface area (Å²) in [5.74, 6) is -0.495. The molecule has 2 aromatic carbocycles. The number of hydrogen-bond acceptors (Lipinski definition) is 6. The Bertz CT molecular complexity index is 909. The van der Waals surface area contributed by atoms with Crippen molar-refractivity contribution in [2.45, 2.75) is 17.9 Å². The van der Waals surface area contributed by atoms with Gasteiger partial charge in [-0.3, -0.25) is 4.90 Å². The van der Waals surface area contributed by atoms with Crippen molar-refractivity contribution in [2.75, 3.05) is 44.7 Å². The molecule has 0 unspecified atom stereocenters. The Morgan fingerprint density at radius 3 is 2.24 bits per heavy atom. The Balaban J connectivity index is 1.52. The molecule has 1 aliphatic heterocycles. The lowest BCUT2D eigenvalue weighted by Crippen LogP contribution is -2.52. The zero-order chi connectivity index (χ0) is 20.9. The number of methoxy groups -OCH3 is 1. The molecule has 1 atom stereocenters. The molecule has 1 aliphatic rings. The highest BCUT2D eigenvalue weighted by molar-refractivity contribution is 7.89. The number of nitrogens with one attached hydrogen (secondary N) is 1. The molecule has 8 heteroatoms. The lowest BCUT2D eigenvalue weighted by Gasteiger charge is -2.39. The molecule has 1 saturated heterocycles. The van der Waals surface area contributed by atoms with Gasteiger partial charge >= 0.3 is 5.97 Å². The van der Waals surface area contributed by atoms with Gasteiger partial charge in [0, 0.05) is 44.5 Å². The monoisotopic (exact) mass is 417 g/mol. The molecule has 2 aromatic rings. The van der Waals surface area contributed by atoms with Crippen LogP contribution < -0.4 is 9.62 Å². The number of rotatable bonds is 7. The van der Waals surface area contributed by atoms with E-state index in [-0.39, 0.29) is 10.9 Å². The van der Waals surface area contributed by atoms with E-state index < -0.39 is 16.0 Å². The molecule has 1 N–H and O–H groups in total. The predicted molar refractivity (Wildman–Crippen MR) is 113 cm³/mol. The van der Waals surface area contributed by atoms with Crippen LogP contribution in [0.4, 0.5) is 5.69 Å². The molecule has 1 fully saturated rings. The van der Waals surface area contributed by atoms with Crippen molar-refractivity contribution in [3.05, 3.63) is 60.2 Å². The second kappa shape index (κ2) is 9.39. The van der Waals surface area contributed by atoms with Gasteiger partial charge in [-0.1, -0.05) is 18.2 Å². The summed E-state index contributed by atoms with van der Waals surface area (Å²) < 4.78 is 32.4. The summed E-state index contributed by atoms with van der Waals surface area (Å²) in [4.78, 5) is 16.3. The van der Waals surface area contributed by atoms with Gasteiger partial charge in [-0.25, -0.2) is 17.9 Å². The molecule has 0 saturated carbocycles. The zero-order valence-corrected chi connectivity index (χ0v) is 17.6. The van der Waals surface area contributed by atoms with E-state index >= 15 is 0 Å². The number of hydrogen-bond donors (Lipinski definition) is 1. The van der Waals surface area contributed by atoms with E-state index in [4.69, 9.17) is 0 Å². The first-order valence-corrected chi connectivity index (χ1v) is 11.1. The number of sulfonamides is 1. The van der Waals surface area contributed by atoms with Crippen molar-refractivity contribution in [3.63, 3.8) is 0 Å². The smallest absolute Gasteiger partial charge is 0.337 e. The molecule has 0 radical (unpaired) electrons. The van der Waals surface area contributed by atoms with Crippen LogP contribution in [0.2, 0.25) is 0 Å². The molecule has 1 heterocycles. The molecule has 29 heavy (non-hydrogen) atoms. The predicted octanol–water partition coefficient (Wildman–Crippen LogP) is 1.96. The van der Waals surface area contributed by atoms with Gasteiger partial charge in [0.2, 0.25) is 10.0 Å². The quantitative estimate of drug-likeness (QED) is 0.694. The lowest BCUT2D eigenvalue weighted by atomic mass is 10.2. The Hall–Kier alpha value is -2.42. The van der Waals surface area contributed by atoms with Crippen LogP contribution in [0.1, 0.15) is 17.3 Å². The van der Waals surface area contributed by atoms with Gasteiger partial charge in [0.05, 0.1) is 17.6 Å². The van der Waals surface area contributed by atoms with Crippen molar-refractivity contribution < 1.29 is 17.9 Å².